The minimum absolute atomic E-state index is 0.128. The molecule has 32 valence electrons. The first-order valence-corrected chi connectivity index (χ1v) is 1.40. The number of ether oxygens (including phenoxy) is 1. The van der Waals surface area contributed by atoms with Gasteiger partial charge < -0.3 is 0 Å². The van der Waals surface area contributed by atoms with Crippen molar-refractivity contribution in [2.45, 2.75) is 0 Å². The normalized spacial score (nSPS) is 5.83. The third-order valence-electron chi connectivity index (χ3n) is 0.233. The fraction of sp³-hybridized carbons (Fsp3) is 0.250. The van der Waals surface area contributed by atoms with E-state index in [9.17, 15) is 0 Å². The molecule has 0 aliphatic rings. The number of hydrogen-bond acceptors (Lipinski definition) is 1. The van der Waals surface area contributed by atoms with Gasteiger partial charge >= 0.3 is 35.0 Å². The molecule has 0 atom stereocenters. The number of rotatable bonds is 2. The van der Waals surface area contributed by atoms with Gasteiger partial charge in [-0.1, -0.05) is 0 Å². The topological polar surface area (TPSA) is 29.1 Å². The maximum absolute atomic E-state index is 9.15. The van der Waals surface area contributed by atoms with Crippen molar-refractivity contribution in [1.29, 1.82) is 0 Å². The summed E-state index contributed by atoms with van der Waals surface area (Å²) < 4.78 is 13.2. The van der Waals surface area contributed by atoms with Crippen molar-refractivity contribution in [2.24, 2.45) is 0 Å². The van der Waals surface area contributed by atoms with Crippen molar-refractivity contribution in [2.75, 3.05) is 6.61 Å². The van der Waals surface area contributed by atoms with Gasteiger partial charge in [-0.25, -0.2) is 0 Å². The van der Waals surface area contributed by atoms with Gasteiger partial charge in [0.25, 0.3) is 0 Å². The fourth-order valence-electron chi connectivity index (χ4n) is 0.0805. The Morgan fingerprint density at radius 1 is 2.00 bits per heavy atom. The Labute approximate surface area is 36.1 Å². The van der Waals surface area contributed by atoms with E-state index < -0.39 is 0 Å². The summed E-state index contributed by atoms with van der Waals surface area (Å²) in [7, 11) is 0. The van der Waals surface area contributed by atoms with Crippen molar-refractivity contribution in [3.63, 3.8) is 0 Å². The van der Waals surface area contributed by atoms with Crippen LogP contribution in [0.1, 0.15) is 0 Å². The van der Waals surface area contributed by atoms with Crippen molar-refractivity contribution in [3.05, 3.63) is 12.7 Å². The monoisotopic (exact) mass is 84.0 g/mol. The summed E-state index contributed by atoms with van der Waals surface area (Å²) >= 11 is 0. The summed E-state index contributed by atoms with van der Waals surface area (Å²) in [6.45, 7) is 3.30. The predicted octanol–water partition coefficient (Wildman–Crippen LogP) is 0.339. The van der Waals surface area contributed by atoms with Gasteiger partial charge in [0.15, 0.2) is 0 Å². The molecule has 0 aromatic rings. The Morgan fingerprint density at radius 3 is 2.83 bits per heavy atom. The van der Waals surface area contributed by atoms with Crippen molar-refractivity contribution < 1.29 is 9.39 Å². The fourth-order valence-corrected chi connectivity index (χ4v) is 0.0805. The summed E-state index contributed by atoms with van der Waals surface area (Å²) in [5.41, 5.74) is 0. The molecule has 0 unspecified atom stereocenters. The van der Waals surface area contributed by atoms with E-state index in [-0.39, 0.29) is 6.61 Å². The number of hydrogen-bond donors (Lipinski definition) is 0. The average molecular weight is 84.1 g/mol. The first kappa shape index (κ1) is 5.28. The average Bonchev–Trinajstić information content (AvgIpc) is 1.61. The van der Waals surface area contributed by atoms with Crippen LogP contribution in [0.2, 0.25) is 0 Å². The van der Waals surface area contributed by atoms with Gasteiger partial charge in [-0.2, -0.15) is 0 Å². The van der Waals surface area contributed by atoms with Gasteiger partial charge in [0.05, 0.1) is 0 Å². The molecule has 0 heterocycles. The molecule has 0 aromatic carbocycles. The third-order valence-corrected chi connectivity index (χ3v) is 0.233. The molecule has 0 saturated carbocycles. The Bertz CT molecular complexity index is 70.1. The quantitative estimate of drug-likeness (QED) is 0.269. The van der Waals surface area contributed by atoms with Crippen molar-refractivity contribution >= 4 is 0 Å². The maximum atomic E-state index is 9.15. The molecule has 6 heavy (non-hydrogen) atoms. The van der Waals surface area contributed by atoms with Crippen LogP contribution in [0.15, 0.2) is 6.58 Å². The molecule has 0 bridgehead atoms. The molecule has 2 heteroatoms. The molecular weight excluding hydrogens is 80.0 g/mol. The van der Waals surface area contributed by atoms with Crippen LogP contribution in [-0.4, -0.2) is 6.61 Å². The van der Waals surface area contributed by atoms with Crippen LogP contribution < -0.4 is 0 Å². The molecule has 0 fully saturated rings. The molecular formula is C4H4O2. The van der Waals surface area contributed by atoms with Crippen LogP contribution >= 0.6 is 0 Å². The van der Waals surface area contributed by atoms with E-state index in [2.05, 4.69) is 17.4 Å². The molecule has 0 aliphatic heterocycles. The molecule has 0 saturated heterocycles. The summed E-state index contributed by atoms with van der Waals surface area (Å²) in [5.74, 6) is 0. The second kappa shape index (κ2) is 4.28. The van der Waals surface area contributed by atoms with Crippen LogP contribution in [0.25, 0.3) is 0 Å². The zero-order valence-corrected chi connectivity index (χ0v) is 3.23. The molecule has 0 spiro atoms. The van der Waals surface area contributed by atoms with Crippen LogP contribution in [0, 0.1) is 12.4 Å². The predicted molar refractivity (Wildman–Crippen MR) is 19.4 cm³/mol. The first-order valence-electron chi connectivity index (χ1n) is 1.40. The van der Waals surface area contributed by atoms with Crippen molar-refractivity contribution in [1.82, 2.24) is 0 Å². The molecule has 0 radical (unpaired) electrons. The second-order valence-corrected chi connectivity index (χ2v) is 0.622. The van der Waals surface area contributed by atoms with Gasteiger partial charge in [-0.3, -0.25) is 0 Å². The van der Waals surface area contributed by atoms with E-state index in [0.29, 0.717) is 0 Å². The SMILES string of the molecule is C=[C-]COC#[O+]. The van der Waals surface area contributed by atoms with E-state index in [1.807, 2.05) is 0 Å². The van der Waals surface area contributed by atoms with E-state index in [4.69, 9.17) is 4.65 Å². The van der Waals surface area contributed by atoms with E-state index in [1.54, 1.807) is 0 Å². The van der Waals surface area contributed by atoms with Crippen LogP contribution in [0.5, 0.6) is 0 Å². The van der Waals surface area contributed by atoms with Crippen LogP contribution in [0.4, 0.5) is 0 Å². The first-order chi connectivity index (χ1) is 2.91. The Balaban J connectivity index is 2.72. The Morgan fingerprint density at radius 2 is 2.67 bits per heavy atom. The molecule has 0 amide bonds. The van der Waals surface area contributed by atoms with Gasteiger partial charge in [0.2, 0.25) is 0 Å². The standard InChI is InChI=1S/C4H4O2/c1-2-3-6-4-5/h1,3H2. The van der Waals surface area contributed by atoms with E-state index in [1.165, 1.54) is 6.33 Å². The summed E-state index contributed by atoms with van der Waals surface area (Å²) in [5, 5.41) is 0. The molecule has 0 aliphatic carbocycles. The van der Waals surface area contributed by atoms with Gasteiger partial charge in [0, 0.05) is 0 Å². The minimum atomic E-state index is 0.128. The molecule has 2 nitrogen and oxygen atoms in total. The van der Waals surface area contributed by atoms with Crippen LogP contribution in [0.3, 0.4) is 0 Å². The third kappa shape index (κ3) is 3.28. The van der Waals surface area contributed by atoms with Crippen molar-refractivity contribution in [3.8, 4) is 6.33 Å². The molecule has 0 rings (SSSR count). The zero-order valence-electron chi connectivity index (χ0n) is 3.23. The summed E-state index contributed by atoms with van der Waals surface area (Å²) in [6, 6.07) is 0. The Hall–Kier alpha value is -0.720. The summed E-state index contributed by atoms with van der Waals surface area (Å²) in [4.78, 5) is 0. The summed E-state index contributed by atoms with van der Waals surface area (Å²) in [6.07, 6.45) is 3.55. The van der Waals surface area contributed by atoms with Gasteiger partial charge in [-0.15, -0.1) is 0 Å². The van der Waals surface area contributed by atoms with E-state index >= 15 is 0 Å². The zero-order chi connectivity index (χ0) is 4.83. The molecule has 0 N–H and O–H groups in total. The Kier molecular flexibility index (Phi) is 3.77. The van der Waals surface area contributed by atoms with Gasteiger partial charge in [-0.05, 0) is 0 Å². The van der Waals surface area contributed by atoms with Gasteiger partial charge in [0.1, 0.15) is 0 Å². The van der Waals surface area contributed by atoms with E-state index in [0.717, 1.165) is 0 Å². The molecule has 0 aromatic heterocycles. The van der Waals surface area contributed by atoms with Crippen LogP contribution in [-0.2, 0) is 9.39 Å². The second-order valence-electron chi connectivity index (χ2n) is 0.622.